The molecule has 0 spiro atoms. The van der Waals surface area contributed by atoms with E-state index < -0.39 is 0 Å². The molecule has 2 aromatic heterocycles. The summed E-state index contributed by atoms with van der Waals surface area (Å²) >= 11 is 1.65. The van der Waals surface area contributed by atoms with E-state index in [1.165, 1.54) is 12.3 Å². The van der Waals surface area contributed by atoms with Crippen molar-refractivity contribution in [2.45, 2.75) is 39.3 Å². The molecule has 0 amide bonds. The largest absolute Gasteiger partial charge is 0.306 e. The molecule has 1 N–H and O–H groups in total. The normalized spacial score (nSPS) is 12.9. The van der Waals surface area contributed by atoms with Crippen molar-refractivity contribution in [2.24, 2.45) is 0 Å². The second kappa shape index (κ2) is 6.21. The topological polar surface area (TPSA) is 37.8 Å². The van der Waals surface area contributed by atoms with Crippen LogP contribution in [0.1, 0.15) is 36.3 Å². The number of aromatic nitrogens is 2. The molecule has 0 radical (unpaired) electrons. The highest BCUT2D eigenvalue weighted by atomic mass is 32.1. The molecule has 0 bridgehead atoms. The molecular formula is C14H18FN3S. The lowest BCUT2D eigenvalue weighted by atomic mass is 10.1. The number of halogens is 1. The molecule has 0 aliphatic heterocycles. The lowest BCUT2D eigenvalue weighted by Crippen LogP contribution is -2.30. The van der Waals surface area contributed by atoms with E-state index in [1.807, 2.05) is 12.3 Å². The van der Waals surface area contributed by atoms with Gasteiger partial charge in [-0.2, -0.15) is 0 Å². The van der Waals surface area contributed by atoms with Crippen LogP contribution in [0, 0.1) is 12.7 Å². The van der Waals surface area contributed by atoms with Crippen molar-refractivity contribution >= 4 is 11.3 Å². The molecule has 1 atom stereocenters. The van der Waals surface area contributed by atoms with Crippen molar-refractivity contribution in [1.29, 1.82) is 0 Å². The number of hydrogen-bond donors (Lipinski definition) is 1. The molecule has 0 aliphatic carbocycles. The summed E-state index contributed by atoms with van der Waals surface area (Å²) in [5, 5.41) is 6.57. The standard InChI is InChI=1S/C14H18FN3S/c1-9(2)17-13(6-14-18-10(3)8-19-14)12-5-4-11(15)7-16-12/h4-5,7-9,13,17H,6H2,1-3H3. The van der Waals surface area contributed by atoms with Gasteiger partial charge in [0.2, 0.25) is 0 Å². The summed E-state index contributed by atoms with van der Waals surface area (Å²) in [5.74, 6) is -0.308. The van der Waals surface area contributed by atoms with E-state index in [2.05, 4.69) is 29.1 Å². The Kier molecular flexibility index (Phi) is 4.61. The summed E-state index contributed by atoms with van der Waals surface area (Å²) in [6.45, 7) is 6.16. The van der Waals surface area contributed by atoms with Crippen LogP contribution >= 0.6 is 11.3 Å². The Morgan fingerprint density at radius 3 is 2.68 bits per heavy atom. The number of thiazole rings is 1. The van der Waals surface area contributed by atoms with E-state index >= 15 is 0 Å². The minimum Gasteiger partial charge on any atom is -0.306 e. The first-order chi connectivity index (χ1) is 9.04. The molecule has 0 saturated heterocycles. The molecule has 0 aliphatic rings. The number of aryl methyl sites for hydroxylation is 1. The highest BCUT2D eigenvalue weighted by Crippen LogP contribution is 2.20. The molecule has 1 unspecified atom stereocenters. The molecule has 0 fully saturated rings. The second-order valence-corrected chi connectivity index (χ2v) is 5.80. The monoisotopic (exact) mass is 279 g/mol. The van der Waals surface area contributed by atoms with Crippen LogP contribution in [0.2, 0.25) is 0 Å². The van der Waals surface area contributed by atoms with Gasteiger partial charge in [0.15, 0.2) is 0 Å². The zero-order valence-corrected chi connectivity index (χ0v) is 12.2. The molecule has 19 heavy (non-hydrogen) atoms. The van der Waals surface area contributed by atoms with Gasteiger partial charge in [-0.1, -0.05) is 13.8 Å². The number of pyridine rings is 1. The van der Waals surface area contributed by atoms with Gasteiger partial charge >= 0.3 is 0 Å². The lowest BCUT2D eigenvalue weighted by Gasteiger charge is -2.19. The third-order valence-corrected chi connectivity index (χ3v) is 3.68. The van der Waals surface area contributed by atoms with Crippen molar-refractivity contribution in [3.63, 3.8) is 0 Å². The second-order valence-electron chi connectivity index (χ2n) is 4.86. The Morgan fingerprint density at radius 2 is 2.16 bits per heavy atom. The van der Waals surface area contributed by atoms with Gasteiger partial charge in [-0.05, 0) is 19.1 Å². The SMILES string of the molecule is Cc1csc(CC(NC(C)C)c2ccc(F)cn2)n1. The quantitative estimate of drug-likeness (QED) is 0.913. The predicted molar refractivity (Wildman–Crippen MR) is 75.8 cm³/mol. The Bertz CT molecular complexity index is 522. The minimum absolute atomic E-state index is 0.0612. The molecular weight excluding hydrogens is 261 g/mol. The highest BCUT2D eigenvalue weighted by Gasteiger charge is 2.16. The van der Waals surface area contributed by atoms with Gasteiger partial charge in [-0.15, -0.1) is 11.3 Å². The molecule has 3 nitrogen and oxygen atoms in total. The molecule has 0 aromatic carbocycles. The maximum absolute atomic E-state index is 12.9. The molecule has 2 heterocycles. The fourth-order valence-corrected chi connectivity index (χ4v) is 2.73. The number of hydrogen-bond acceptors (Lipinski definition) is 4. The third-order valence-electron chi connectivity index (χ3n) is 2.69. The summed E-state index contributed by atoms with van der Waals surface area (Å²) in [6, 6.07) is 3.57. The van der Waals surface area contributed by atoms with Gasteiger partial charge in [-0.25, -0.2) is 9.37 Å². The molecule has 102 valence electrons. The molecule has 5 heteroatoms. The van der Waals surface area contributed by atoms with Crippen LogP contribution in [0.15, 0.2) is 23.7 Å². The fraction of sp³-hybridized carbons (Fsp3) is 0.429. The van der Waals surface area contributed by atoms with Crippen LogP contribution < -0.4 is 5.32 Å². The maximum Gasteiger partial charge on any atom is 0.141 e. The van der Waals surface area contributed by atoms with Crippen molar-refractivity contribution in [3.05, 3.63) is 45.9 Å². The van der Waals surface area contributed by atoms with Gasteiger partial charge in [0.25, 0.3) is 0 Å². The smallest absolute Gasteiger partial charge is 0.141 e. The first-order valence-corrected chi connectivity index (χ1v) is 7.21. The van der Waals surface area contributed by atoms with Crippen molar-refractivity contribution in [2.75, 3.05) is 0 Å². The molecule has 0 saturated carbocycles. The fourth-order valence-electron chi connectivity index (χ4n) is 1.92. The summed E-state index contributed by atoms with van der Waals surface area (Å²) < 4.78 is 12.9. The highest BCUT2D eigenvalue weighted by molar-refractivity contribution is 7.09. The maximum atomic E-state index is 12.9. The van der Waals surface area contributed by atoms with Crippen LogP contribution in [0.5, 0.6) is 0 Å². The van der Waals surface area contributed by atoms with Gasteiger partial charge in [0.05, 0.1) is 22.9 Å². The van der Waals surface area contributed by atoms with Crippen LogP contribution in [0.25, 0.3) is 0 Å². The summed E-state index contributed by atoms with van der Waals surface area (Å²) in [4.78, 5) is 8.65. The Labute approximate surface area is 116 Å². The third kappa shape index (κ3) is 4.08. The van der Waals surface area contributed by atoms with Crippen LogP contribution in [-0.4, -0.2) is 16.0 Å². The van der Waals surface area contributed by atoms with Crippen LogP contribution in [0.3, 0.4) is 0 Å². The number of nitrogens with one attached hydrogen (secondary N) is 1. The first kappa shape index (κ1) is 14.1. The van der Waals surface area contributed by atoms with Gasteiger partial charge in [-0.3, -0.25) is 4.98 Å². The van der Waals surface area contributed by atoms with Crippen LogP contribution in [-0.2, 0) is 6.42 Å². The van der Waals surface area contributed by atoms with E-state index in [0.717, 1.165) is 22.8 Å². The molecule has 2 rings (SSSR count). The predicted octanol–water partition coefficient (Wildman–Crippen LogP) is 3.27. The number of nitrogens with zero attached hydrogens (tertiary/aromatic N) is 2. The van der Waals surface area contributed by atoms with Crippen molar-refractivity contribution < 1.29 is 4.39 Å². The Morgan fingerprint density at radius 1 is 1.37 bits per heavy atom. The first-order valence-electron chi connectivity index (χ1n) is 6.33. The summed E-state index contributed by atoms with van der Waals surface area (Å²) in [5.41, 5.74) is 1.89. The van der Waals surface area contributed by atoms with E-state index in [-0.39, 0.29) is 11.9 Å². The average molecular weight is 279 g/mol. The Hall–Kier alpha value is -1.33. The van der Waals surface area contributed by atoms with E-state index in [0.29, 0.717) is 6.04 Å². The lowest BCUT2D eigenvalue weighted by molar-refractivity contribution is 0.463. The van der Waals surface area contributed by atoms with Gasteiger partial charge in [0.1, 0.15) is 5.82 Å². The molecule has 2 aromatic rings. The van der Waals surface area contributed by atoms with E-state index in [9.17, 15) is 4.39 Å². The van der Waals surface area contributed by atoms with Crippen LogP contribution in [0.4, 0.5) is 4.39 Å². The van der Waals surface area contributed by atoms with E-state index in [4.69, 9.17) is 0 Å². The van der Waals surface area contributed by atoms with E-state index in [1.54, 1.807) is 17.4 Å². The van der Waals surface area contributed by atoms with Crippen molar-refractivity contribution in [3.8, 4) is 0 Å². The zero-order chi connectivity index (χ0) is 13.8. The Balaban J connectivity index is 2.17. The minimum atomic E-state index is -0.308. The number of rotatable bonds is 5. The van der Waals surface area contributed by atoms with Gasteiger partial charge < -0.3 is 5.32 Å². The summed E-state index contributed by atoms with van der Waals surface area (Å²) in [6.07, 6.45) is 2.03. The summed E-state index contributed by atoms with van der Waals surface area (Å²) in [7, 11) is 0. The van der Waals surface area contributed by atoms with Gasteiger partial charge in [0, 0.05) is 23.5 Å². The average Bonchev–Trinajstić information content (AvgIpc) is 2.74. The zero-order valence-electron chi connectivity index (χ0n) is 11.4. The van der Waals surface area contributed by atoms with Crippen molar-refractivity contribution in [1.82, 2.24) is 15.3 Å².